The molecule has 1 aliphatic rings. The molecule has 0 bridgehead atoms. The predicted molar refractivity (Wildman–Crippen MR) is 142 cm³/mol. The Hall–Kier alpha value is -3.88. The van der Waals surface area contributed by atoms with E-state index in [0.29, 0.717) is 22.8 Å². The Bertz CT molecular complexity index is 1380. The fraction of sp³-hybridized carbons (Fsp3) is 0.167. The molecule has 0 radical (unpaired) electrons. The first kappa shape index (κ1) is 22.9. The highest BCUT2D eigenvalue weighted by Crippen LogP contribution is 2.35. The maximum absolute atomic E-state index is 13.1. The van der Waals surface area contributed by atoms with Gasteiger partial charge in [0.2, 0.25) is 5.91 Å². The predicted octanol–water partition coefficient (Wildman–Crippen LogP) is 6.75. The summed E-state index contributed by atoms with van der Waals surface area (Å²) in [5.41, 5.74) is 6.47. The minimum absolute atomic E-state index is 0.116. The van der Waals surface area contributed by atoms with Crippen LogP contribution in [0.25, 0.3) is 22.4 Å². The minimum atomic E-state index is 0.116. The second-order valence-corrected chi connectivity index (χ2v) is 9.54. The van der Waals surface area contributed by atoms with Gasteiger partial charge in [-0.05, 0) is 36.1 Å². The van der Waals surface area contributed by atoms with E-state index in [2.05, 4.69) is 12.1 Å². The lowest BCUT2D eigenvalue weighted by Gasteiger charge is -2.29. The van der Waals surface area contributed by atoms with E-state index in [9.17, 15) is 10.1 Å². The summed E-state index contributed by atoms with van der Waals surface area (Å²) in [4.78, 5) is 19.9. The number of aromatic nitrogens is 1. The van der Waals surface area contributed by atoms with Crippen LogP contribution in [0.4, 0.5) is 5.69 Å². The van der Waals surface area contributed by atoms with Gasteiger partial charge in [-0.25, -0.2) is 4.98 Å². The molecule has 1 aromatic heterocycles. The molecule has 3 aromatic carbocycles. The van der Waals surface area contributed by atoms with Gasteiger partial charge in [-0.15, -0.1) is 11.8 Å². The Balaban J connectivity index is 1.41. The zero-order chi connectivity index (χ0) is 24.0. The maximum atomic E-state index is 13.1. The quantitative estimate of drug-likeness (QED) is 0.290. The minimum Gasteiger partial charge on any atom is -0.312 e. The standard InChI is InChI=1S/C30H25N3OS/c31-21-26-25(22-10-3-1-4-11-22)20-27(23-12-5-2-6-13-23)32-30(26)35-19-17-29(34)33-18-9-15-24-14-7-8-16-28(24)33/h1-8,10-14,16,20H,9,15,17-19H2. The molecule has 172 valence electrons. The number of anilines is 1. The highest BCUT2D eigenvalue weighted by molar-refractivity contribution is 7.99. The molecule has 0 spiro atoms. The summed E-state index contributed by atoms with van der Waals surface area (Å²) < 4.78 is 0. The van der Waals surface area contributed by atoms with E-state index in [1.165, 1.54) is 17.3 Å². The number of carbonyl (C=O) groups is 1. The molecule has 0 atom stereocenters. The fourth-order valence-electron chi connectivity index (χ4n) is 4.50. The van der Waals surface area contributed by atoms with Crippen LogP contribution in [0.1, 0.15) is 24.0 Å². The van der Waals surface area contributed by atoms with Crippen molar-refractivity contribution in [2.75, 3.05) is 17.2 Å². The number of pyridine rings is 1. The molecule has 0 N–H and O–H groups in total. The van der Waals surface area contributed by atoms with Crippen LogP contribution in [0.5, 0.6) is 0 Å². The van der Waals surface area contributed by atoms with Gasteiger partial charge in [0.25, 0.3) is 0 Å². The summed E-state index contributed by atoms with van der Waals surface area (Å²) in [7, 11) is 0. The van der Waals surface area contributed by atoms with Gasteiger partial charge < -0.3 is 4.90 Å². The van der Waals surface area contributed by atoms with Gasteiger partial charge in [-0.3, -0.25) is 4.79 Å². The number of aryl methyl sites for hydroxylation is 1. The first-order chi connectivity index (χ1) is 17.2. The smallest absolute Gasteiger partial charge is 0.227 e. The van der Waals surface area contributed by atoms with Crippen molar-refractivity contribution in [2.24, 2.45) is 0 Å². The van der Waals surface area contributed by atoms with Gasteiger partial charge in [-0.2, -0.15) is 5.26 Å². The lowest BCUT2D eigenvalue weighted by atomic mass is 9.99. The van der Waals surface area contributed by atoms with Gasteiger partial charge in [0.1, 0.15) is 11.1 Å². The lowest BCUT2D eigenvalue weighted by Crippen LogP contribution is -2.35. The number of benzene rings is 3. The molecule has 0 aliphatic carbocycles. The van der Waals surface area contributed by atoms with Crippen molar-refractivity contribution in [1.29, 1.82) is 5.26 Å². The molecule has 2 heterocycles. The summed E-state index contributed by atoms with van der Waals surface area (Å²) in [6.07, 6.45) is 2.38. The van der Waals surface area contributed by atoms with Gasteiger partial charge in [-0.1, -0.05) is 78.9 Å². The number of thioether (sulfide) groups is 1. The van der Waals surface area contributed by atoms with Crippen molar-refractivity contribution in [3.63, 3.8) is 0 Å². The number of rotatable bonds is 6. The largest absolute Gasteiger partial charge is 0.312 e. The Morgan fingerprint density at radius 3 is 2.37 bits per heavy atom. The van der Waals surface area contributed by atoms with E-state index in [-0.39, 0.29) is 5.91 Å². The summed E-state index contributed by atoms with van der Waals surface area (Å²) in [5.74, 6) is 0.678. The average Bonchev–Trinajstić information content (AvgIpc) is 2.93. The summed E-state index contributed by atoms with van der Waals surface area (Å²) in [6.45, 7) is 0.754. The van der Waals surface area contributed by atoms with E-state index in [1.54, 1.807) is 0 Å². The SMILES string of the molecule is N#Cc1c(-c2ccccc2)cc(-c2ccccc2)nc1SCCC(=O)N1CCCc2ccccc21. The lowest BCUT2D eigenvalue weighted by molar-refractivity contribution is -0.118. The van der Waals surface area contributed by atoms with Crippen molar-refractivity contribution in [2.45, 2.75) is 24.3 Å². The van der Waals surface area contributed by atoms with Crippen LogP contribution >= 0.6 is 11.8 Å². The summed E-state index contributed by atoms with van der Waals surface area (Å²) in [6, 6.07) is 32.4. The third kappa shape index (κ3) is 4.99. The highest BCUT2D eigenvalue weighted by Gasteiger charge is 2.22. The average molecular weight is 476 g/mol. The Kier molecular flexibility index (Phi) is 6.92. The van der Waals surface area contributed by atoms with Crippen LogP contribution in [0.2, 0.25) is 0 Å². The monoisotopic (exact) mass is 475 g/mol. The van der Waals surface area contributed by atoms with Gasteiger partial charge in [0.05, 0.1) is 11.3 Å². The van der Waals surface area contributed by atoms with Gasteiger partial charge in [0, 0.05) is 35.5 Å². The number of hydrogen-bond acceptors (Lipinski definition) is 4. The second kappa shape index (κ2) is 10.6. The normalized spacial score (nSPS) is 12.6. The molecule has 5 heteroatoms. The zero-order valence-electron chi connectivity index (χ0n) is 19.4. The number of fused-ring (bicyclic) bond motifs is 1. The highest BCUT2D eigenvalue weighted by atomic mass is 32.2. The molecule has 1 amide bonds. The zero-order valence-corrected chi connectivity index (χ0v) is 20.2. The molecule has 0 saturated carbocycles. The third-order valence-corrected chi connectivity index (χ3v) is 7.20. The second-order valence-electron chi connectivity index (χ2n) is 8.46. The first-order valence-corrected chi connectivity index (χ1v) is 12.8. The Labute approximate surface area is 210 Å². The number of para-hydroxylation sites is 1. The topological polar surface area (TPSA) is 57.0 Å². The number of nitrogens with zero attached hydrogens (tertiary/aromatic N) is 3. The molecule has 0 saturated heterocycles. The summed E-state index contributed by atoms with van der Waals surface area (Å²) >= 11 is 1.48. The van der Waals surface area contributed by atoms with Crippen molar-refractivity contribution in [3.05, 3.63) is 102 Å². The van der Waals surface area contributed by atoms with Crippen molar-refractivity contribution in [3.8, 4) is 28.5 Å². The van der Waals surface area contributed by atoms with E-state index < -0.39 is 0 Å². The molecular formula is C30H25N3OS. The van der Waals surface area contributed by atoms with Gasteiger partial charge in [0.15, 0.2) is 0 Å². The molecule has 4 aromatic rings. The molecule has 0 fully saturated rings. The molecule has 4 nitrogen and oxygen atoms in total. The molecule has 1 aliphatic heterocycles. The summed E-state index contributed by atoms with van der Waals surface area (Å²) in [5, 5.41) is 10.7. The van der Waals surface area contributed by atoms with E-state index in [4.69, 9.17) is 4.98 Å². The first-order valence-electron chi connectivity index (χ1n) is 11.8. The third-order valence-electron chi connectivity index (χ3n) is 6.22. The maximum Gasteiger partial charge on any atom is 0.227 e. The molecule has 35 heavy (non-hydrogen) atoms. The number of hydrogen-bond donors (Lipinski definition) is 0. The van der Waals surface area contributed by atoms with E-state index in [1.807, 2.05) is 89.8 Å². The number of amides is 1. The van der Waals surface area contributed by atoms with Crippen LogP contribution in [0.15, 0.2) is 96.0 Å². The Morgan fingerprint density at radius 1 is 0.943 bits per heavy atom. The number of carbonyl (C=O) groups excluding carboxylic acids is 1. The molecule has 5 rings (SSSR count). The van der Waals surface area contributed by atoms with Crippen LogP contribution in [-0.4, -0.2) is 23.2 Å². The van der Waals surface area contributed by atoms with Crippen LogP contribution in [0, 0.1) is 11.3 Å². The van der Waals surface area contributed by atoms with Crippen LogP contribution in [0.3, 0.4) is 0 Å². The van der Waals surface area contributed by atoms with Crippen molar-refractivity contribution < 1.29 is 4.79 Å². The van der Waals surface area contributed by atoms with Gasteiger partial charge >= 0.3 is 0 Å². The van der Waals surface area contributed by atoms with Crippen molar-refractivity contribution >= 4 is 23.4 Å². The fourth-order valence-corrected chi connectivity index (χ4v) is 5.43. The van der Waals surface area contributed by atoms with Crippen molar-refractivity contribution in [1.82, 2.24) is 4.98 Å². The molecular weight excluding hydrogens is 450 g/mol. The van der Waals surface area contributed by atoms with Crippen LogP contribution in [-0.2, 0) is 11.2 Å². The van der Waals surface area contributed by atoms with Crippen LogP contribution < -0.4 is 4.90 Å². The number of nitriles is 1. The molecule has 0 unspecified atom stereocenters. The van der Waals surface area contributed by atoms with E-state index >= 15 is 0 Å². The van der Waals surface area contributed by atoms with E-state index in [0.717, 1.165) is 47.5 Å². The Morgan fingerprint density at radius 2 is 1.63 bits per heavy atom.